The lowest BCUT2D eigenvalue weighted by molar-refractivity contribution is -0.309. The third-order valence-electron chi connectivity index (χ3n) is 9.75. The first-order valence-corrected chi connectivity index (χ1v) is 20.9. The van der Waals surface area contributed by atoms with Crippen LogP contribution in [0.1, 0.15) is 52.2 Å². The predicted octanol–water partition coefficient (Wildman–Crippen LogP) is 8.62. The summed E-state index contributed by atoms with van der Waals surface area (Å²) in [6.45, 7) is 16.4. The van der Waals surface area contributed by atoms with E-state index in [0.29, 0.717) is 19.6 Å². The summed E-state index contributed by atoms with van der Waals surface area (Å²) in [7, 11) is -0.411. The van der Waals surface area contributed by atoms with E-state index in [1.807, 2.05) is 61.5 Å². The lowest BCUT2D eigenvalue weighted by Crippen LogP contribution is -2.61. The van der Waals surface area contributed by atoms with Crippen LogP contribution >= 0.6 is 11.8 Å². The van der Waals surface area contributed by atoms with Gasteiger partial charge in [0.25, 0.3) is 0 Å². The number of thioether (sulfide) groups is 1. The SMILES string of the molecule is CO[C@@H]1[C@H](OCc2ccccc2)[C@H](O[C@@H]2C[C@H](OCc3ccccc3)[C@H](O[Si](C)(C)C(C)(C)C)[C@@H](C)O2)[C@@H](C)O[C@@H]1Sc1ccccc1. The molecule has 0 aromatic heterocycles. The molecule has 2 fully saturated rings. The van der Waals surface area contributed by atoms with Gasteiger partial charge in [0.05, 0.1) is 37.6 Å². The molecule has 48 heavy (non-hydrogen) atoms. The Morgan fingerprint density at radius 1 is 0.708 bits per heavy atom. The van der Waals surface area contributed by atoms with Crippen molar-refractivity contribution in [2.45, 2.75) is 132 Å². The number of hydrogen-bond donors (Lipinski definition) is 0. The van der Waals surface area contributed by atoms with Crippen LogP contribution in [0, 0.1) is 0 Å². The number of hydrogen-bond acceptors (Lipinski definition) is 8. The van der Waals surface area contributed by atoms with Gasteiger partial charge in [0, 0.05) is 18.4 Å². The fourth-order valence-corrected chi connectivity index (χ4v) is 8.57. The molecule has 262 valence electrons. The molecule has 0 radical (unpaired) electrons. The zero-order valence-electron chi connectivity index (χ0n) is 29.7. The Morgan fingerprint density at radius 3 is 1.81 bits per heavy atom. The van der Waals surface area contributed by atoms with Gasteiger partial charge < -0.3 is 32.8 Å². The minimum absolute atomic E-state index is 0.0473. The standard InChI is InChI=1S/C39H54O7SSi/c1-27-34(46-48(7,8)39(3,4)5)32(41-25-29-18-12-9-13-19-29)24-33(43-27)45-35-28(2)44-38(47-31-22-16-11-17-23-31)37(40-6)36(35)42-26-30-20-14-10-15-21-30/h9-23,27-28,32-38H,24-26H2,1-8H3/t27-,28-,32+,33-,34-,35-,36-,37-,38-/m1/s1. The molecule has 0 amide bonds. The van der Waals surface area contributed by atoms with Crippen molar-refractivity contribution in [3.8, 4) is 0 Å². The number of benzene rings is 3. The van der Waals surface area contributed by atoms with Gasteiger partial charge >= 0.3 is 0 Å². The van der Waals surface area contributed by atoms with E-state index in [0.717, 1.165) is 16.0 Å². The average molecular weight is 695 g/mol. The highest BCUT2D eigenvalue weighted by molar-refractivity contribution is 7.99. The van der Waals surface area contributed by atoms with Crippen LogP contribution < -0.4 is 0 Å². The van der Waals surface area contributed by atoms with Gasteiger partial charge in [0.15, 0.2) is 14.6 Å². The highest BCUT2D eigenvalue weighted by atomic mass is 32.2. The topological polar surface area (TPSA) is 64.6 Å². The molecular weight excluding hydrogens is 641 g/mol. The van der Waals surface area contributed by atoms with E-state index >= 15 is 0 Å². The maximum Gasteiger partial charge on any atom is 0.192 e. The van der Waals surface area contributed by atoms with Crippen molar-refractivity contribution in [2.75, 3.05) is 7.11 Å². The number of rotatable bonds is 13. The van der Waals surface area contributed by atoms with Gasteiger partial charge in [0.1, 0.15) is 23.7 Å². The second kappa shape index (κ2) is 16.8. The number of methoxy groups -OCH3 is 1. The van der Waals surface area contributed by atoms with Gasteiger partial charge in [-0.1, -0.05) is 111 Å². The molecule has 0 unspecified atom stereocenters. The Hall–Kier alpha value is -2.05. The Kier molecular flexibility index (Phi) is 13.0. The highest BCUT2D eigenvalue weighted by Crippen LogP contribution is 2.41. The summed E-state index contributed by atoms with van der Waals surface area (Å²) in [5.74, 6) is 0. The van der Waals surface area contributed by atoms with E-state index in [4.69, 9.17) is 32.8 Å². The fraction of sp³-hybridized carbons (Fsp3) is 0.538. The predicted molar refractivity (Wildman–Crippen MR) is 193 cm³/mol. The Bertz CT molecular complexity index is 1370. The van der Waals surface area contributed by atoms with Crippen LogP contribution in [-0.4, -0.2) is 69.9 Å². The molecule has 2 heterocycles. The van der Waals surface area contributed by atoms with Crippen molar-refractivity contribution < 1.29 is 32.8 Å². The molecule has 0 saturated carbocycles. The molecule has 2 aliphatic heterocycles. The molecule has 0 spiro atoms. The van der Waals surface area contributed by atoms with Crippen LogP contribution in [0.15, 0.2) is 95.9 Å². The molecule has 0 bridgehead atoms. The second-order valence-corrected chi connectivity index (χ2v) is 20.3. The van der Waals surface area contributed by atoms with Crippen LogP contribution in [0.2, 0.25) is 18.1 Å². The molecule has 5 rings (SSSR count). The molecular formula is C39H54O7SSi. The van der Waals surface area contributed by atoms with Crippen molar-refractivity contribution in [2.24, 2.45) is 0 Å². The molecule has 3 aromatic carbocycles. The highest BCUT2D eigenvalue weighted by Gasteiger charge is 2.50. The van der Waals surface area contributed by atoms with Gasteiger partial charge in [-0.05, 0) is 55.2 Å². The Labute approximate surface area is 293 Å². The first-order valence-electron chi connectivity index (χ1n) is 17.1. The van der Waals surface area contributed by atoms with Crippen molar-refractivity contribution in [3.05, 3.63) is 102 Å². The second-order valence-electron chi connectivity index (χ2n) is 14.4. The first kappa shape index (κ1) is 37.2. The fourth-order valence-electron chi connectivity index (χ4n) is 5.98. The van der Waals surface area contributed by atoms with Gasteiger partial charge in [-0.3, -0.25) is 0 Å². The van der Waals surface area contributed by atoms with E-state index in [2.05, 4.69) is 77.2 Å². The van der Waals surface area contributed by atoms with E-state index in [-0.39, 0.29) is 41.0 Å². The van der Waals surface area contributed by atoms with Crippen LogP contribution in [0.3, 0.4) is 0 Å². The largest absolute Gasteiger partial charge is 0.409 e. The van der Waals surface area contributed by atoms with Crippen molar-refractivity contribution in [3.63, 3.8) is 0 Å². The molecule has 9 heteroatoms. The molecule has 3 aromatic rings. The Balaban J connectivity index is 1.37. The van der Waals surface area contributed by atoms with E-state index in [1.54, 1.807) is 18.9 Å². The van der Waals surface area contributed by atoms with Crippen molar-refractivity contribution >= 4 is 20.1 Å². The zero-order valence-corrected chi connectivity index (χ0v) is 31.6. The van der Waals surface area contributed by atoms with Crippen LogP contribution in [0.5, 0.6) is 0 Å². The summed E-state index contributed by atoms with van der Waals surface area (Å²) >= 11 is 1.64. The Morgan fingerprint density at radius 2 is 1.25 bits per heavy atom. The molecule has 2 saturated heterocycles. The summed E-state index contributed by atoms with van der Waals surface area (Å²) in [4.78, 5) is 1.11. The maximum absolute atomic E-state index is 6.99. The van der Waals surface area contributed by atoms with Gasteiger partial charge in [0.2, 0.25) is 0 Å². The first-order chi connectivity index (χ1) is 22.9. The summed E-state index contributed by atoms with van der Waals surface area (Å²) in [5, 5.41) is 0.0473. The lowest BCUT2D eigenvalue weighted by atomic mass is 9.98. The van der Waals surface area contributed by atoms with Crippen LogP contribution in [-0.2, 0) is 46.1 Å². The van der Waals surface area contributed by atoms with E-state index < -0.39 is 26.8 Å². The lowest BCUT2D eigenvalue weighted by Gasteiger charge is -2.49. The van der Waals surface area contributed by atoms with Gasteiger partial charge in [-0.2, -0.15) is 0 Å². The minimum Gasteiger partial charge on any atom is -0.409 e. The van der Waals surface area contributed by atoms with Crippen molar-refractivity contribution in [1.29, 1.82) is 0 Å². The summed E-state index contributed by atoms with van der Waals surface area (Å²) in [6, 6.07) is 30.7. The summed E-state index contributed by atoms with van der Waals surface area (Å²) in [6.07, 6.45) is -2.26. The summed E-state index contributed by atoms with van der Waals surface area (Å²) < 4.78 is 46.7. The molecule has 0 aliphatic carbocycles. The molecule has 2 aliphatic rings. The van der Waals surface area contributed by atoms with Crippen molar-refractivity contribution in [1.82, 2.24) is 0 Å². The smallest absolute Gasteiger partial charge is 0.192 e. The molecule has 9 atom stereocenters. The third-order valence-corrected chi connectivity index (χ3v) is 15.4. The van der Waals surface area contributed by atoms with Gasteiger partial charge in [-0.25, -0.2) is 0 Å². The quantitative estimate of drug-likeness (QED) is 0.165. The minimum atomic E-state index is -2.13. The summed E-state index contributed by atoms with van der Waals surface area (Å²) in [5.41, 5.74) is 1.91. The molecule has 0 N–H and O–H groups in total. The van der Waals surface area contributed by atoms with E-state index in [9.17, 15) is 0 Å². The number of ether oxygens (including phenoxy) is 6. The van der Waals surface area contributed by atoms with E-state index in [1.165, 1.54) is 0 Å². The normalized spacial score (nSPS) is 29.9. The average Bonchev–Trinajstić information content (AvgIpc) is 3.06. The van der Waals surface area contributed by atoms with Crippen LogP contribution in [0.4, 0.5) is 0 Å². The molecule has 7 nitrogen and oxygen atoms in total. The maximum atomic E-state index is 6.99. The third kappa shape index (κ3) is 9.59. The monoisotopic (exact) mass is 694 g/mol. The zero-order chi connectivity index (χ0) is 34.3. The van der Waals surface area contributed by atoms with Gasteiger partial charge in [-0.15, -0.1) is 0 Å². The van der Waals surface area contributed by atoms with Crippen LogP contribution in [0.25, 0.3) is 0 Å².